The van der Waals surface area contributed by atoms with E-state index in [0.29, 0.717) is 5.56 Å². The second kappa shape index (κ2) is 4.33. The van der Waals surface area contributed by atoms with Gasteiger partial charge in [0.05, 0.1) is 0 Å². The van der Waals surface area contributed by atoms with Gasteiger partial charge in [0.15, 0.2) is 0 Å². The van der Waals surface area contributed by atoms with Crippen LogP contribution in [0.15, 0.2) is 29.8 Å². The summed E-state index contributed by atoms with van der Waals surface area (Å²) in [4.78, 5) is 0. The first-order chi connectivity index (χ1) is 6.49. The van der Waals surface area contributed by atoms with Crippen LogP contribution in [0.4, 0.5) is 8.78 Å². The molecular formula is C11H13F2N. The summed E-state index contributed by atoms with van der Waals surface area (Å²) in [6.45, 7) is 3.77. The molecule has 0 saturated heterocycles. The Balaban J connectivity index is 3.01. The topological polar surface area (TPSA) is 26.0 Å². The molecule has 2 N–H and O–H groups in total. The fourth-order valence-corrected chi connectivity index (χ4v) is 1.22. The molecule has 0 radical (unpaired) electrons. The average Bonchev–Trinajstić information content (AvgIpc) is 2.00. The zero-order chi connectivity index (χ0) is 10.7. The quantitative estimate of drug-likeness (QED) is 0.725. The van der Waals surface area contributed by atoms with Crippen LogP contribution in [0.2, 0.25) is 0 Å². The summed E-state index contributed by atoms with van der Waals surface area (Å²) in [5.41, 5.74) is 7.19. The van der Waals surface area contributed by atoms with Gasteiger partial charge in [-0.2, -0.15) is 0 Å². The van der Waals surface area contributed by atoms with Gasteiger partial charge in [0.1, 0.15) is 11.6 Å². The van der Waals surface area contributed by atoms with Crippen molar-refractivity contribution in [1.82, 2.24) is 0 Å². The summed E-state index contributed by atoms with van der Waals surface area (Å²) >= 11 is 0. The van der Waals surface area contributed by atoms with Crippen molar-refractivity contribution in [3.8, 4) is 0 Å². The maximum Gasteiger partial charge on any atom is 0.126 e. The Morgan fingerprint density at radius 2 is 1.71 bits per heavy atom. The number of allylic oxidation sites excluding steroid dienone is 1. The van der Waals surface area contributed by atoms with Crippen LogP contribution in [-0.2, 0) is 0 Å². The number of hydrogen-bond acceptors (Lipinski definition) is 1. The Morgan fingerprint density at radius 3 is 2.14 bits per heavy atom. The highest BCUT2D eigenvalue weighted by molar-refractivity contribution is 5.25. The van der Waals surface area contributed by atoms with Crippen LogP contribution < -0.4 is 5.73 Å². The first-order valence-corrected chi connectivity index (χ1v) is 4.35. The third kappa shape index (κ3) is 2.92. The van der Waals surface area contributed by atoms with Gasteiger partial charge in [0.2, 0.25) is 0 Å². The Kier molecular flexibility index (Phi) is 3.36. The highest BCUT2D eigenvalue weighted by Gasteiger charge is 2.06. The molecule has 0 saturated carbocycles. The number of nitrogens with two attached hydrogens (primary N) is 1. The maximum absolute atomic E-state index is 12.8. The van der Waals surface area contributed by atoms with Crippen LogP contribution in [0.1, 0.15) is 25.5 Å². The highest BCUT2D eigenvalue weighted by Crippen LogP contribution is 2.16. The van der Waals surface area contributed by atoms with Crippen molar-refractivity contribution in [3.05, 3.63) is 47.0 Å². The number of halogens is 2. The van der Waals surface area contributed by atoms with E-state index in [1.165, 1.54) is 12.1 Å². The molecule has 14 heavy (non-hydrogen) atoms. The molecule has 76 valence electrons. The predicted molar refractivity (Wildman–Crippen MR) is 52.7 cm³/mol. The zero-order valence-electron chi connectivity index (χ0n) is 8.22. The van der Waals surface area contributed by atoms with Gasteiger partial charge in [-0.15, -0.1) is 0 Å². The molecule has 1 nitrogen and oxygen atoms in total. The molecule has 0 bridgehead atoms. The molecule has 1 atom stereocenters. The van der Waals surface area contributed by atoms with E-state index in [1.54, 1.807) is 6.08 Å². The first kappa shape index (κ1) is 10.9. The van der Waals surface area contributed by atoms with E-state index >= 15 is 0 Å². The Morgan fingerprint density at radius 1 is 1.21 bits per heavy atom. The Hall–Kier alpha value is -1.22. The maximum atomic E-state index is 12.8. The molecule has 3 heteroatoms. The van der Waals surface area contributed by atoms with Crippen molar-refractivity contribution in [2.24, 2.45) is 5.73 Å². The molecule has 1 aromatic rings. The van der Waals surface area contributed by atoms with Gasteiger partial charge in [-0.25, -0.2) is 8.78 Å². The number of rotatable bonds is 2. The minimum atomic E-state index is -0.599. The van der Waals surface area contributed by atoms with Gasteiger partial charge >= 0.3 is 0 Å². The summed E-state index contributed by atoms with van der Waals surface area (Å²) in [7, 11) is 0. The van der Waals surface area contributed by atoms with Crippen molar-refractivity contribution in [3.63, 3.8) is 0 Å². The molecule has 1 aromatic carbocycles. The van der Waals surface area contributed by atoms with Gasteiger partial charge in [-0.05, 0) is 31.5 Å². The molecule has 0 aromatic heterocycles. The van der Waals surface area contributed by atoms with E-state index in [-0.39, 0.29) is 0 Å². The smallest absolute Gasteiger partial charge is 0.126 e. The molecule has 0 spiro atoms. The summed E-state index contributed by atoms with van der Waals surface area (Å²) in [6.07, 6.45) is 1.76. The van der Waals surface area contributed by atoms with Crippen molar-refractivity contribution in [2.45, 2.75) is 19.9 Å². The summed E-state index contributed by atoms with van der Waals surface area (Å²) in [5.74, 6) is -1.20. The second-order valence-electron chi connectivity index (χ2n) is 3.47. The van der Waals surface area contributed by atoms with E-state index in [2.05, 4.69) is 0 Å². The Bertz CT molecular complexity index is 334. The van der Waals surface area contributed by atoms with Crippen LogP contribution >= 0.6 is 0 Å². The largest absolute Gasteiger partial charge is 0.321 e. The van der Waals surface area contributed by atoms with E-state index in [4.69, 9.17) is 5.73 Å². The SMILES string of the molecule is CC(C)=CC(N)c1cc(F)cc(F)c1. The van der Waals surface area contributed by atoms with Crippen LogP contribution in [0.3, 0.4) is 0 Å². The van der Waals surface area contributed by atoms with Crippen molar-refractivity contribution in [2.75, 3.05) is 0 Å². The van der Waals surface area contributed by atoms with Crippen molar-refractivity contribution < 1.29 is 8.78 Å². The number of hydrogen-bond donors (Lipinski definition) is 1. The monoisotopic (exact) mass is 197 g/mol. The van der Waals surface area contributed by atoms with Crippen LogP contribution in [0.5, 0.6) is 0 Å². The molecule has 0 heterocycles. The summed E-state index contributed by atoms with van der Waals surface area (Å²) < 4.78 is 25.6. The van der Waals surface area contributed by atoms with Gasteiger partial charge in [-0.3, -0.25) is 0 Å². The van der Waals surface area contributed by atoms with E-state index in [0.717, 1.165) is 11.6 Å². The minimum absolute atomic E-state index is 0.448. The van der Waals surface area contributed by atoms with E-state index in [9.17, 15) is 8.78 Å². The van der Waals surface area contributed by atoms with Crippen LogP contribution in [0.25, 0.3) is 0 Å². The molecule has 0 aliphatic carbocycles. The Labute approximate surface area is 82.2 Å². The van der Waals surface area contributed by atoms with Crippen molar-refractivity contribution in [1.29, 1.82) is 0 Å². The lowest BCUT2D eigenvalue weighted by atomic mass is 10.1. The summed E-state index contributed by atoms with van der Waals surface area (Å²) in [5, 5.41) is 0. The van der Waals surface area contributed by atoms with Crippen LogP contribution in [-0.4, -0.2) is 0 Å². The standard InChI is InChI=1S/C11H13F2N/c1-7(2)3-11(14)8-4-9(12)6-10(13)5-8/h3-6,11H,14H2,1-2H3. The molecule has 0 aliphatic heterocycles. The summed E-state index contributed by atoms with van der Waals surface area (Å²) in [6, 6.07) is 2.87. The average molecular weight is 197 g/mol. The lowest BCUT2D eigenvalue weighted by Crippen LogP contribution is -2.08. The lowest BCUT2D eigenvalue weighted by molar-refractivity contribution is 0.578. The predicted octanol–water partition coefficient (Wildman–Crippen LogP) is 2.93. The third-order valence-electron chi connectivity index (χ3n) is 1.78. The van der Waals surface area contributed by atoms with Gasteiger partial charge in [-0.1, -0.05) is 11.6 Å². The van der Waals surface area contributed by atoms with Crippen LogP contribution in [0, 0.1) is 11.6 Å². The molecular weight excluding hydrogens is 184 g/mol. The molecule has 0 amide bonds. The van der Waals surface area contributed by atoms with Gasteiger partial charge < -0.3 is 5.73 Å². The van der Waals surface area contributed by atoms with Gasteiger partial charge in [0, 0.05) is 12.1 Å². The molecule has 1 unspecified atom stereocenters. The van der Waals surface area contributed by atoms with Gasteiger partial charge in [0.25, 0.3) is 0 Å². The minimum Gasteiger partial charge on any atom is -0.321 e. The molecule has 0 fully saturated rings. The van der Waals surface area contributed by atoms with Crippen molar-refractivity contribution >= 4 is 0 Å². The van der Waals surface area contributed by atoms with E-state index < -0.39 is 17.7 Å². The molecule has 1 rings (SSSR count). The zero-order valence-corrected chi connectivity index (χ0v) is 8.22. The first-order valence-electron chi connectivity index (χ1n) is 4.35. The molecule has 0 aliphatic rings. The normalized spacial score (nSPS) is 12.4. The number of benzene rings is 1. The highest BCUT2D eigenvalue weighted by atomic mass is 19.1. The second-order valence-corrected chi connectivity index (χ2v) is 3.47. The van der Waals surface area contributed by atoms with E-state index in [1.807, 2.05) is 13.8 Å². The fourth-order valence-electron chi connectivity index (χ4n) is 1.22. The lowest BCUT2D eigenvalue weighted by Gasteiger charge is -2.08. The fraction of sp³-hybridized carbons (Fsp3) is 0.273. The third-order valence-corrected chi connectivity index (χ3v) is 1.78.